The molecule has 154 valence electrons. The van der Waals surface area contributed by atoms with Crippen LogP contribution in [0.2, 0.25) is 0 Å². The molecule has 0 unspecified atom stereocenters. The summed E-state index contributed by atoms with van der Waals surface area (Å²) in [5, 5.41) is 3.15. The van der Waals surface area contributed by atoms with Gasteiger partial charge in [-0.25, -0.2) is 0 Å². The van der Waals surface area contributed by atoms with Crippen LogP contribution in [-0.2, 0) is 9.53 Å². The van der Waals surface area contributed by atoms with E-state index in [2.05, 4.69) is 77.5 Å². The van der Waals surface area contributed by atoms with E-state index in [4.69, 9.17) is 4.74 Å². The van der Waals surface area contributed by atoms with Gasteiger partial charge in [0, 0.05) is 47.9 Å². The van der Waals surface area contributed by atoms with Gasteiger partial charge in [0.2, 0.25) is 5.91 Å². The minimum atomic E-state index is -0.0690. The van der Waals surface area contributed by atoms with E-state index < -0.39 is 0 Å². The van der Waals surface area contributed by atoms with Crippen LogP contribution in [0.5, 0.6) is 0 Å². The quantitative estimate of drug-likeness (QED) is 0.781. The van der Waals surface area contributed by atoms with Crippen LogP contribution >= 0.6 is 11.8 Å². The summed E-state index contributed by atoms with van der Waals surface area (Å²) in [6.45, 7) is 9.06. The van der Waals surface area contributed by atoms with Crippen LogP contribution in [-0.4, -0.2) is 55.7 Å². The first-order valence-corrected chi connectivity index (χ1v) is 11.1. The number of hydrogen-bond acceptors (Lipinski definition) is 5. The van der Waals surface area contributed by atoms with Crippen LogP contribution < -0.4 is 10.2 Å². The summed E-state index contributed by atoms with van der Waals surface area (Å²) in [5.41, 5.74) is 2.29. The van der Waals surface area contributed by atoms with Crippen molar-refractivity contribution in [3.05, 3.63) is 48.5 Å². The van der Waals surface area contributed by atoms with Gasteiger partial charge in [-0.1, -0.05) is 36.0 Å². The van der Waals surface area contributed by atoms with Crippen LogP contribution in [0.3, 0.4) is 0 Å². The lowest BCUT2D eigenvalue weighted by atomic mass is 10.0. The van der Waals surface area contributed by atoms with Crippen molar-refractivity contribution in [1.29, 1.82) is 0 Å². The molecule has 0 radical (unpaired) electrons. The van der Waals surface area contributed by atoms with Crippen molar-refractivity contribution in [2.75, 3.05) is 44.3 Å². The Labute approximate surface area is 177 Å². The monoisotopic (exact) mass is 411 g/mol. The fourth-order valence-electron chi connectivity index (χ4n) is 3.92. The topological polar surface area (TPSA) is 44.8 Å². The highest BCUT2D eigenvalue weighted by molar-refractivity contribution is 7.99. The number of rotatable bonds is 6. The van der Waals surface area contributed by atoms with Crippen LogP contribution in [0.15, 0.2) is 58.3 Å². The number of fused-ring (bicyclic) bond motifs is 2. The summed E-state index contributed by atoms with van der Waals surface area (Å²) in [7, 11) is 0. The average molecular weight is 412 g/mol. The number of nitrogens with one attached hydrogen (secondary N) is 1. The van der Waals surface area contributed by atoms with Crippen LogP contribution in [0.25, 0.3) is 0 Å². The number of para-hydroxylation sites is 2. The third-order valence-corrected chi connectivity index (χ3v) is 6.81. The van der Waals surface area contributed by atoms with Gasteiger partial charge in [0.25, 0.3) is 0 Å². The van der Waals surface area contributed by atoms with Crippen molar-refractivity contribution in [2.24, 2.45) is 0 Å². The Hall–Kier alpha value is -2.02. The predicted octanol–water partition coefficient (Wildman–Crippen LogP) is 3.91. The number of benzene rings is 2. The van der Waals surface area contributed by atoms with Gasteiger partial charge in [0.1, 0.15) is 0 Å². The molecular weight excluding hydrogens is 382 g/mol. The minimum absolute atomic E-state index is 0.0690. The molecule has 1 saturated heterocycles. The predicted molar refractivity (Wildman–Crippen MR) is 118 cm³/mol. The van der Waals surface area contributed by atoms with Crippen molar-refractivity contribution >= 4 is 29.0 Å². The van der Waals surface area contributed by atoms with Gasteiger partial charge in [0.15, 0.2) is 0 Å². The maximum Gasteiger partial charge on any atom is 0.221 e. The lowest BCUT2D eigenvalue weighted by Gasteiger charge is -2.41. The van der Waals surface area contributed by atoms with Crippen LogP contribution in [0.4, 0.5) is 11.4 Å². The first-order valence-electron chi connectivity index (χ1n) is 10.3. The Morgan fingerprint density at radius 2 is 1.62 bits per heavy atom. The van der Waals surface area contributed by atoms with Crippen molar-refractivity contribution in [1.82, 2.24) is 10.2 Å². The Morgan fingerprint density at radius 1 is 1.03 bits per heavy atom. The third kappa shape index (κ3) is 4.60. The normalized spacial score (nSPS) is 16.8. The summed E-state index contributed by atoms with van der Waals surface area (Å²) in [6, 6.07) is 16.8. The van der Waals surface area contributed by atoms with Gasteiger partial charge in [-0.05, 0) is 38.1 Å². The molecule has 0 aromatic heterocycles. The number of carbonyl (C=O) groups excluding carboxylic acids is 1. The first kappa shape index (κ1) is 20.3. The lowest BCUT2D eigenvalue weighted by Crippen LogP contribution is -2.55. The number of carbonyl (C=O) groups is 1. The van der Waals surface area contributed by atoms with Gasteiger partial charge < -0.3 is 15.0 Å². The fraction of sp³-hybridized carbons (Fsp3) is 0.435. The molecule has 4 rings (SSSR count). The molecule has 1 N–H and O–H groups in total. The summed E-state index contributed by atoms with van der Waals surface area (Å²) in [5.74, 6) is 0.0968. The Kier molecular flexibility index (Phi) is 6.13. The molecule has 2 aliphatic heterocycles. The van der Waals surface area contributed by atoms with E-state index >= 15 is 0 Å². The van der Waals surface area contributed by atoms with Crippen LogP contribution in [0.1, 0.15) is 20.3 Å². The maximum atomic E-state index is 12.7. The summed E-state index contributed by atoms with van der Waals surface area (Å²) >= 11 is 1.79. The van der Waals surface area contributed by atoms with E-state index in [1.54, 1.807) is 11.8 Å². The first-order chi connectivity index (χ1) is 14.0. The number of hydrogen-bond donors (Lipinski definition) is 1. The number of anilines is 2. The number of ether oxygens (including phenoxy) is 1. The Bertz CT molecular complexity index is 819. The zero-order valence-electron chi connectivity index (χ0n) is 17.2. The molecule has 29 heavy (non-hydrogen) atoms. The SMILES string of the molecule is CC(C)(CNC(=O)CCN1c2ccccc2Sc2ccccc21)N1CCOCC1. The van der Waals surface area contributed by atoms with Gasteiger partial charge in [-0.3, -0.25) is 9.69 Å². The molecule has 0 spiro atoms. The molecule has 0 atom stereocenters. The van der Waals surface area contributed by atoms with Gasteiger partial charge >= 0.3 is 0 Å². The molecule has 2 heterocycles. The molecule has 2 aliphatic rings. The van der Waals surface area contributed by atoms with E-state index in [-0.39, 0.29) is 11.4 Å². The molecule has 2 aromatic carbocycles. The highest BCUT2D eigenvalue weighted by Gasteiger charge is 2.29. The van der Waals surface area contributed by atoms with E-state index in [0.29, 0.717) is 19.5 Å². The molecule has 1 fully saturated rings. The molecule has 0 bridgehead atoms. The maximum absolute atomic E-state index is 12.7. The minimum Gasteiger partial charge on any atom is -0.379 e. The molecular formula is C23H29N3O2S. The number of nitrogens with zero attached hydrogens (tertiary/aromatic N) is 2. The van der Waals surface area contributed by atoms with E-state index in [9.17, 15) is 4.79 Å². The molecule has 2 aromatic rings. The second-order valence-corrected chi connectivity index (χ2v) is 9.21. The molecule has 6 heteroatoms. The summed E-state index contributed by atoms with van der Waals surface area (Å²) in [4.78, 5) is 19.8. The second-order valence-electron chi connectivity index (χ2n) is 8.13. The zero-order chi connectivity index (χ0) is 20.3. The number of amides is 1. The van der Waals surface area contributed by atoms with Gasteiger partial charge in [0.05, 0.1) is 24.6 Å². The standard InChI is InChI=1S/C23H29N3O2S/c1-23(2,25-13-15-28-16-14-25)17-24-22(27)11-12-26-18-7-3-5-9-20(18)29-21-10-6-4-8-19(21)26/h3-10H,11-17H2,1-2H3,(H,24,27). The zero-order valence-corrected chi connectivity index (χ0v) is 18.0. The fourth-order valence-corrected chi connectivity index (χ4v) is 5.01. The molecule has 0 aliphatic carbocycles. The highest BCUT2D eigenvalue weighted by Crippen LogP contribution is 2.47. The Morgan fingerprint density at radius 3 is 2.24 bits per heavy atom. The van der Waals surface area contributed by atoms with E-state index in [0.717, 1.165) is 26.3 Å². The Balaban J connectivity index is 1.38. The van der Waals surface area contributed by atoms with E-state index in [1.165, 1.54) is 21.2 Å². The third-order valence-electron chi connectivity index (χ3n) is 5.68. The van der Waals surface area contributed by atoms with Crippen LogP contribution in [0, 0.1) is 0 Å². The van der Waals surface area contributed by atoms with Crippen molar-refractivity contribution in [3.8, 4) is 0 Å². The van der Waals surface area contributed by atoms with Crippen molar-refractivity contribution in [3.63, 3.8) is 0 Å². The lowest BCUT2D eigenvalue weighted by molar-refractivity contribution is -0.121. The van der Waals surface area contributed by atoms with Gasteiger partial charge in [-0.15, -0.1) is 0 Å². The molecule has 0 saturated carbocycles. The smallest absolute Gasteiger partial charge is 0.221 e. The molecule has 5 nitrogen and oxygen atoms in total. The second kappa shape index (κ2) is 8.78. The number of morpholine rings is 1. The van der Waals surface area contributed by atoms with Crippen molar-refractivity contribution < 1.29 is 9.53 Å². The largest absolute Gasteiger partial charge is 0.379 e. The average Bonchev–Trinajstić information content (AvgIpc) is 2.76. The summed E-state index contributed by atoms with van der Waals surface area (Å²) in [6.07, 6.45) is 0.465. The van der Waals surface area contributed by atoms with Gasteiger partial charge in [-0.2, -0.15) is 0 Å². The van der Waals surface area contributed by atoms with E-state index in [1.807, 2.05) is 0 Å². The highest BCUT2D eigenvalue weighted by atomic mass is 32.2. The summed E-state index contributed by atoms with van der Waals surface area (Å²) < 4.78 is 5.45. The van der Waals surface area contributed by atoms with Crippen molar-refractivity contribution in [2.45, 2.75) is 35.6 Å². The molecule has 1 amide bonds.